The van der Waals surface area contributed by atoms with Crippen molar-refractivity contribution >= 4 is 0 Å². The Morgan fingerprint density at radius 1 is 0.724 bits per heavy atom. The Morgan fingerprint density at radius 3 is 2.07 bits per heavy atom. The number of nitrogens with zero attached hydrogens (tertiary/aromatic N) is 1. The molecule has 3 aromatic carbocycles. The van der Waals surface area contributed by atoms with E-state index in [2.05, 4.69) is 95.7 Å². The summed E-state index contributed by atoms with van der Waals surface area (Å²) in [4.78, 5) is 0. The molecule has 0 unspecified atom stereocenters. The van der Waals surface area contributed by atoms with Crippen LogP contribution in [-0.2, 0) is 5.41 Å². The molecule has 1 aliphatic carbocycles. The van der Waals surface area contributed by atoms with E-state index in [-0.39, 0.29) is 17.4 Å². The highest BCUT2D eigenvalue weighted by molar-refractivity contribution is 5.58. The molecule has 2 nitrogen and oxygen atoms in total. The Morgan fingerprint density at radius 2 is 1.38 bits per heavy atom. The molecule has 1 aromatic heterocycles. The lowest BCUT2D eigenvalue weighted by molar-refractivity contribution is -0.732. The molecule has 2 heteroatoms. The highest BCUT2D eigenvalue weighted by Gasteiger charge is 2.60. The highest BCUT2D eigenvalue weighted by atomic mass is 16.3. The first-order valence-corrected chi connectivity index (χ1v) is 10.2. The third-order valence-corrected chi connectivity index (χ3v) is 6.90. The number of fused-ring (bicyclic) bond motifs is 1. The zero-order chi connectivity index (χ0) is 19.4. The van der Waals surface area contributed by atoms with Gasteiger partial charge in [-0.2, -0.15) is 4.57 Å². The van der Waals surface area contributed by atoms with Crippen LogP contribution < -0.4 is 4.57 Å². The largest absolute Gasteiger partial charge is 0.508 e. The van der Waals surface area contributed by atoms with Crippen molar-refractivity contribution in [3.63, 3.8) is 0 Å². The first kappa shape index (κ1) is 16.6. The van der Waals surface area contributed by atoms with E-state index in [1.54, 1.807) is 0 Å². The number of phenols is 1. The van der Waals surface area contributed by atoms with Crippen molar-refractivity contribution in [3.8, 4) is 5.75 Å². The molecular weight excluding hydrogens is 354 g/mol. The fourth-order valence-electron chi connectivity index (χ4n) is 5.81. The quantitative estimate of drug-likeness (QED) is 0.483. The summed E-state index contributed by atoms with van der Waals surface area (Å²) in [7, 11) is 0. The van der Waals surface area contributed by atoms with Crippen molar-refractivity contribution in [3.05, 3.63) is 131 Å². The second-order valence-corrected chi connectivity index (χ2v) is 8.17. The molecule has 2 atom stereocenters. The Kier molecular flexibility index (Phi) is 3.45. The van der Waals surface area contributed by atoms with Crippen LogP contribution in [0, 0.1) is 0 Å². The molecule has 2 aliphatic heterocycles. The molecule has 3 heterocycles. The summed E-state index contributed by atoms with van der Waals surface area (Å²) in [5.41, 5.74) is 6.00. The van der Waals surface area contributed by atoms with Gasteiger partial charge >= 0.3 is 0 Å². The van der Waals surface area contributed by atoms with Crippen molar-refractivity contribution in [2.45, 2.75) is 23.8 Å². The predicted molar refractivity (Wildman–Crippen MR) is 113 cm³/mol. The number of pyridine rings is 1. The maximum absolute atomic E-state index is 11.0. The van der Waals surface area contributed by atoms with Gasteiger partial charge in [-0.15, -0.1) is 0 Å². The lowest BCUT2D eigenvalue weighted by Crippen LogP contribution is -2.60. The summed E-state index contributed by atoms with van der Waals surface area (Å²) >= 11 is 0. The lowest BCUT2D eigenvalue weighted by Gasteiger charge is -2.50. The number of benzene rings is 3. The molecule has 140 valence electrons. The van der Waals surface area contributed by atoms with Crippen LogP contribution in [0.2, 0.25) is 0 Å². The molecule has 29 heavy (non-hydrogen) atoms. The maximum Gasteiger partial charge on any atom is 0.190 e. The van der Waals surface area contributed by atoms with Crippen molar-refractivity contribution in [1.82, 2.24) is 0 Å². The number of hydrogen-bond acceptors (Lipinski definition) is 1. The van der Waals surface area contributed by atoms with E-state index in [1.807, 2.05) is 12.1 Å². The fourth-order valence-corrected chi connectivity index (χ4v) is 5.81. The molecule has 1 N–H and O–H groups in total. The second-order valence-electron chi connectivity index (χ2n) is 8.17. The van der Waals surface area contributed by atoms with E-state index in [0.717, 1.165) is 12.0 Å². The Bertz CT molecular complexity index is 1160. The third kappa shape index (κ3) is 2.14. The first-order chi connectivity index (χ1) is 14.3. The number of aromatic hydroxyl groups is 1. The van der Waals surface area contributed by atoms with Crippen molar-refractivity contribution < 1.29 is 9.67 Å². The summed E-state index contributed by atoms with van der Waals surface area (Å²) in [6.07, 6.45) is 3.17. The van der Waals surface area contributed by atoms with Gasteiger partial charge in [-0.3, -0.25) is 0 Å². The van der Waals surface area contributed by atoms with E-state index < -0.39 is 0 Å². The predicted octanol–water partition coefficient (Wildman–Crippen LogP) is 5.10. The second kappa shape index (κ2) is 6.05. The van der Waals surface area contributed by atoms with Crippen LogP contribution in [0.5, 0.6) is 5.75 Å². The Labute approximate surface area is 170 Å². The molecule has 7 rings (SSSR count). The number of phenolic OH excluding ortho intramolecular Hbond substituents is 1. The van der Waals surface area contributed by atoms with E-state index in [1.165, 1.54) is 22.4 Å². The summed E-state index contributed by atoms with van der Waals surface area (Å²) in [5.74, 6) is 0.457. The van der Waals surface area contributed by atoms with Crippen LogP contribution in [0.15, 0.2) is 103 Å². The van der Waals surface area contributed by atoms with E-state index >= 15 is 0 Å². The van der Waals surface area contributed by atoms with Crippen LogP contribution in [0.4, 0.5) is 0 Å². The van der Waals surface area contributed by atoms with Gasteiger partial charge in [0.05, 0.1) is 5.92 Å². The molecular formula is C27H22NO+. The Hall–Kier alpha value is -3.39. The Balaban J connectivity index is 1.75. The standard InChI is InChI=1S/C27H21NO/c29-24-16-9-14-21-23-18-27(19-10-3-1-4-11-19,20-12-5-2-6-13-20)26(25(21)24)22-15-7-8-17-28(22)23/h1-17,23,26H,18H2/p+1/t23-,26-/m0/s1. The minimum absolute atomic E-state index is 0.0506. The van der Waals surface area contributed by atoms with E-state index in [0.29, 0.717) is 5.75 Å². The average molecular weight is 376 g/mol. The van der Waals surface area contributed by atoms with Gasteiger partial charge in [-0.25, -0.2) is 0 Å². The summed E-state index contributed by atoms with van der Waals surface area (Å²) in [6.45, 7) is 0. The molecule has 3 aliphatic rings. The maximum atomic E-state index is 11.0. The van der Waals surface area contributed by atoms with Crippen molar-refractivity contribution in [2.24, 2.45) is 0 Å². The van der Waals surface area contributed by atoms with Gasteiger partial charge in [0.2, 0.25) is 0 Å². The number of rotatable bonds is 2. The zero-order valence-corrected chi connectivity index (χ0v) is 16.1. The number of hydrogen-bond donors (Lipinski definition) is 1. The average Bonchev–Trinajstić information content (AvgIpc) is 2.80. The molecule has 4 aromatic rings. The van der Waals surface area contributed by atoms with Gasteiger partial charge in [0.1, 0.15) is 5.75 Å². The lowest BCUT2D eigenvalue weighted by atomic mass is 9.53. The van der Waals surface area contributed by atoms with Crippen molar-refractivity contribution in [2.75, 3.05) is 0 Å². The van der Waals surface area contributed by atoms with Crippen molar-refractivity contribution in [1.29, 1.82) is 0 Å². The van der Waals surface area contributed by atoms with Gasteiger partial charge in [0.15, 0.2) is 17.9 Å². The molecule has 0 saturated heterocycles. The van der Waals surface area contributed by atoms with Crippen LogP contribution in [0.25, 0.3) is 0 Å². The van der Waals surface area contributed by atoms with E-state index in [9.17, 15) is 5.11 Å². The van der Waals surface area contributed by atoms with Crippen LogP contribution in [0.3, 0.4) is 0 Å². The smallest absolute Gasteiger partial charge is 0.190 e. The molecule has 0 amide bonds. The number of aromatic nitrogens is 1. The molecule has 0 fully saturated rings. The van der Waals surface area contributed by atoms with Gasteiger partial charge in [-0.1, -0.05) is 78.9 Å². The van der Waals surface area contributed by atoms with Gasteiger partial charge < -0.3 is 5.11 Å². The SMILES string of the molecule is Oc1cccc2c1[C@@H]1c3cccc[n+]3[C@H]2CC1(c1ccccc1)c1ccccc1. The molecule has 0 spiro atoms. The third-order valence-electron chi connectivity index (χ3n) is 6.90. The highest BCUT2D eigenvalue weighted by Crippen LogP contribution is 2.60. The van der Waals surface area contributed by atoms with E-state index in [4.69, 9.17) is 0 Å². The molecule has 2 bridgehead atoms. The van der Waals surface area contributed by atoms with Gasteiger partial charge in [0, 0.05) is 35.1 Å². The van der Waals surface area contributed by atoms with Crippen LogP contribution >= 0.6 is 0 Å². The minimum atomic E-state index is -0.222. The summed E-state index contributed by atoms with van der Waals surface area (Å²) < 4.78 is 2.41. The zero-order valence-electron chi connectivity index (χ0n) is 16.1. The molecule has 0 saturated carbocycles. The monoisotopic (exact) mass is 376 g/mol. The first-order valence-electron chi connectivity index (χ1n) is 10.2. The summed E-state index contributed by atoms with van der Waals surface area (Å²) in [5, 5.41) is 11.0. The van der Waals surface area contributed by atoms with Gasteiger partial charge in [0.25, 0.3) is 0 Å². The van der Waals surface area contributed by atoms with Gasteiger partial charge in [-0.05, 0) is 17.2 Å². The normalized spacial score (nSPS) is 20.7. The van der Waals surface area contributed by atoms with Crippen LogP contribution in [-0.4, -0.2) is 5.11 Å². The topological polar surface area (TPSA) is 24.1 Å². The molecule has 0 radical (unpaired) electrons. The fraction of sp³-hybridized carbons (Fsp3) is 0.148. The van der Waals surface area contributed by atoms with Crippen LogP contribution in [0.1, 0.15) is 46.3 Å². The minimum Gasteiger partial charge on any atom is -0.508 e. The summed E-state index contributed by atoms with van der Waals surface area (Å²) in [6, 6.07) is 34.4.